The second-order valence-corrected chi connectivity index (χ2v) is 5.43. The molecule has 1 aliphatic rings. The van der Waals surface area contributed by atoms with Crippen molar-refractivity contribution in [2.45, 2.75) is 44.5 Å². The summed E-state index contributed by atoms with van der Waals surface area (Å²) in [5.41, 5.74) is -0.383. The zero-order valence-electron chi connectivity index (χ0n) is 11.5. The summed E-state index contributed by atoms with van der Waals surface area (Å²) in [7, 11) is 0. The first-order chi connectivity index (χ1) is 9.41. The fraction of sp³-hybridized carbons (Fsp3) is 0.600. The first kappa shape index (κ1) is 15.3. The Morgan fingerprint density at radius 2 is 2.15 bits per heavy atom. The van der Waals surface area contributed by atoms with Crippen LogP contribution < -0.4 is 5.32 Å². The van der Waals surface area contributed by atoms with Crippen LogP contribution >= 0.6 is 0 Å². The number of hydrogen-bond acceptors (Lipinski definition) is 2. The fourth-order valence-corrected chi connectivity index (χ4v) is 2.78. The molecule has 2 nitrogen and oxygen atoms in total. The van der Waals surface area contributed by atoms with Gasteiger partial charge in [0.15, 0.2) is 0 Å². The van der Waals surface area contributed by atoms with E-state index in [0.717, 1.165) is 37.9 Å². The molecule has 0 aromatic heterocycles. The first-order valence-corrected chi connectivity index (χ1v) is 7.00. The Bertz CT molecular complexity index is 447. The van der Waals surface area contributed by atoms with E-state index >= 15 is 0 Å². The lowest BCUT2D eigenvalue weighted by Gasteiger charge is -2.33. The van der Waals surface area contributed by atoms with Crippen LogP contribution in [0.15, 0.2) is 24.3 Å². The van der Waals surface area contributed by atoms with Crippen molar-refractivity contribution in [3.63, 3.8) is 0 Å². The van der Waals surface area contributed by atoms with Crippen molar-refractivity contribution in [1.82, 2.24) is 5.32 Å². The number of piperidine rings is 1. The minimum Gasteiger partial charge on any atom is -0.387 e. The maximum absolute atomic E-state index is 12.7. The average Bonchev–Trinajstić information content (AvgIpc) is 2.46. The number of halogens is 3. The van der Waals surface area contributed by atoms with E-state index in [-0.39, 0.29) is 6.04 Å². The van der Waals surface area contributed by atoms with Crippen LogP contribution in [0.2, 0.25) is 0 Å². The van der Waals surface area contributed by atoms with Gasteiger partial charge >= 0.3 is 6.18 Å². The summed E-state index contributed by atoms with van der Waals surface area (Å²) < 4.78 is 38.1. The van der Waals surface area contributed by atoms with E-state index in [9.17, 15) is 18.3 Å². The molecular formula is C15H20F3NO. The molecule has 0 amide bonds. The predicted molar refractivity (Wildman–Crippen MR) is 71.2 cm³/mol. The number of rotatable bonds is 3. The van der Waals surface area contributed by atoms with E-state index in [0.29, 0.717) is 11.5 Å². The van der Waals surface area contributed by atoms with E-state index in [1.807, 2.05) is 0 Å². The molecule has 0 bridgehead atoms. The normalized spacial score (nSPS) is 25.4. The summed E-state index contributed by atoms with van der Waals surface area (Å²) >= 11 is 0. The van der Waals surface area contributed by atoms with Crippen LogP contribution in [-0.4, -0.2) is 17.7 Å². The standard InChI is InChI=1S/C15H20F3NO/c1-2-10-6-7-19-13(8-10)14(20)11-4-3-5-12(9-11)15(16,17)18/h3-5,9-10,13-14,19-20H,2,6-8H2,1H3. The molecule has 5 heteroatoms. The van der Waals surface area contributed by atoms with Crippen molar-refractivity contribution < 1.29 is 18.3 Å². The van der Waals surface area contributed by atoms with Crippen molar-refractivity contribution in [2.75, 3.05) is 6.54 Å². The molecular weight excluding hydrogens is 267 g/mol. The Hall–Kier alpha value is -1.07. The molecule has 1 aromatic carbocycles. The van der Waals surface area contributed by atoms with Crippen molar-refractivity contribution in [3.8, 4) is 0 Å². The molecule has 1 heterocycles. The third-order valence-electron chi connectivity index (χ3n) is 4.06. The van der Waals surface area contributed by atoms with Crippen LogP contribution in [-0.2, 0) is 6.18 Å². The van der Waals surface area contributed by atoms with Crippen LogP contribution in [0.1, 0.15) is 43.4 Å². The van der Waals surface area contributed by atoms with Crippen LogP contribution in [0, 0.1) is 5.92 Å². The Kier molecular flexibility index (Phi) is 4.70. The summed E-state index contributed by atoms with van der Waals surface area (Å²) in [5, 5.41) is 13.5. The van der Waals surface area contributed by atoms with Gasteiger partial charge in [0.25, 0.3) is 0 Å². The quantitative estimate of drug-likeness (QED) is 0.891. The summed E-state index contributed by atoms with van der Waals surface area (Å²) in [6.07, 6.45) is -2.38. The van der Waals surface area contributed by atoms with Gasteiger partial charge in [0.2, 0.25) is 0 Å². The monoisotopic (exact) mass is 287 g/mol. The first-order valence-electron chi connectivity index (χ1n) is 7.00. The molecule has 20 heavy (non-hydrogen) atoms. The summed E-state index contributed by atoms with van der Waals surface area (Å²) in [6.45, 7) is 2.91. The summed E-state index contributed by atoms with van der Waals surface area (Å²) in [5.74, 6) is 0.529. The van der Waals surface area contributed by atoms with Gasteiger partial charge in [0.1, 0.15) is 0 Å². The highest BCUT2D eigenvalue weighted by Gasteiger charge is 2.32. The molecule has 2 N–H and O–H groups in total. The van der Waals surface area contributed by atoms with Crippen LogP contribution in [0.3, 0.4) is 0 Å². The highest BCUT2D eigenvalue weighted by atomic mass is 19.4. The van der Waals surface area contributed by atoms with Gasteiger partial charge in [-0.15, -0.1) is 0 Å². The maximum atomic E-state index is 12.7. The SMILES string of the molecule is CCC1CCNC(C(O)c2cccc(C(F)(F)F)c2)C1. The van der Waals surface area contributed by atoms with E-state index in [1.54, 1.807) is 6.07 Å². The largest absolute Gasteiger partial charge is 0.416 e. The number of hydrogen-bond donors (Lipinski definition) is 2. The van der Waals surface area contributed by atoms with Gasteiger partial charge in [0, 0.05) is 6.04 Å². The molecule has 0 saturated carbocycles. The Balaban J connectivity index is 2.14. The molecule has 3 unspecified atom stereocenters. The van der Waals surface area contributed by atoms with Crippen LogP contribution in [0.4, 0.5) is 13.2 Å². The molecule has 3 atom stereocenters. The number of aliphatic hydroxyl groups excluding tert-OH is 1. The maximum Gasteiger partial charge on any atom is 0.416 e. The van der Waals surface area contributed by atoms with E-state index in [1.165, 1.54) is 6.07 Å². The third kappa shape index (κ3) is 3.52. The molecule has 1 aromatic rings. The van der Waals surface area contributed by atoms with E-state index < -0.39 is 17.8 Å². The molecule has 1 aliphatic heterocycles. The molecule has 112 valence electrons. The average molecular weight is 287 g/mol. The minimum atomic E-state index is -4.37. The summed E-state index contributed by atoms with van der Waals surface area (Å²) in [6, 6.07) is 4.80. The van der Waals surface area contributed by atoms with Gasteiger partial charge in [-0.1, -0.05) is 25.5 Å². The molecule has 0 aliphatic carbocycles. The van der Waals surface area contributed by atoms with Gasteiger partial charge in [-0.05, 0) is 43.0 Å². The fourth-order valence-electron chi connectivity index (χ4n) is 2.78. The van der Waals surface area contributed by atoms with E-state index in [2.05, 4.69) is 12.2 Å². The number of nitrogens with one attached hydrogen (secondary N) is 1. The lowest BCUT2D eigenvalue weighted by atomic mass is 9.86. The molecule has 2 rings (SSSR count). The van der Waals surface area contributed by atoms with Gasteiger partial charge in [-0.2, -0.15) is 13.2 Å². The molecule has 0 radical (unpaired) electrons. The number of aliphatic hydroxyl groups is 1. The second-order valence-electron chi connectivity index (χ2n) is 5.43. The zero-order chi connectivity index (χ0) is 14.8. The number of alkyl halides is 3. The molecule has 1 fully saturated rings. The highest BCUT2D eigenvalue weighted by Crippen LogP contribution is 2.33. The van der Waals surface area contributed by atoms with Crippen molar-refractivity contribution >= 4 is 0 Å². The van der Waals surface area contributed by atoms with Crippen molar-refractivity contribution in [3.05, 3.63) is 35.4 Å². The summed E-state index contributed by atoms with van der Waals surface area (Å²) in [4.78, 5) is 0. The van der Waals surface area contributed by atoms with Crippen LogP contribution in [0.5, 0.6) is 0 Å². The third-order valence-corrected chi connectivity index (χ3v) is 4.06. The topological polar surface area (TPSA) is 32.3 Å². The zero-order valence-corrected chi connectivity index (χ0v) is 11.5. The Morgan fingerprint density at radius 3 is 2.80 bits per heavy atom. The molecule has 1 saturated heterocycles. The predicted octanol–water partition coefficient (Wildman–Crippen LogP) is 3.52. The lowest BCUT2D eigenvalue weighted by molar-refractivity contribution is -0.137. The van der Waals surface area contributed by atoms with Gasteiger partial charge in [-0.3, -0.25) is 0 Å². The second kappa shape index (κ2) is 6.14. The Morgan fingerprint density at radius 1 is 1.40 bits per heavy atom. The smallest absolute Gasteiger partial charge is 0.387 e. The van der Waals surface area contributed by atoms with Crippen LogP contribution in [0.25, 0.3) is 0 Å². The highest BCUT2D eigenvalue weighted by molar-refractivity contribution is 5.28. The van der Waals surface area contributed by atoms with Gasteiger partial charge in [0.05, 0.1) is 11.7 Å². The van der Waals surface area contributed by atoms with Crippen molar-refractivity contribution in [1.29, 1.82) is 0 Å². The van der Waals surface area contributed by atoms with Crippen molar-refractivity contribution in [2.24, 2.45) is 5.92 Å². The van der Waals surface area contributed by atoms with Gasteiger partial charge in [-0.25, -0.2) is 0 Å². The van der Waals surface area contributed by atoms with E-state index in [4.69, 9.17) is 0 Å². The number of benzene rings is 1. The molecule has 0 spiro atoms. The lowest BCUT2D eigenvalue weighted by Crippen LogP contribution is -2.42. The van der Waals surface area contributed by atoms with Gasteiger partial charge < -0.3 is 10.4 Å². The Labute approximate surface area is 117 Å². The minimum absolute atomic E-state index is 0.169.